The fourth-order valence-electron chi connectivity index (χ4n) is 3.43. The number of fused-ring (bicyclic) bond motifs is 1. The summed E-state index contributed by atoms with van der Waals surface area (Å²) >= 11 is 0. The Bertz CT molecular complexity index is 771. The minimum Gasteiger partial charge on any atom is -0.497 e. The first kappa shape index (κ1) is 18.8. The molecule has 0 bridgehead atoms. The second kappa shape index (κ2) is 7.73. The van der Waals surface area contributed by atoms with Crippen LogP contribution in [0.5, 0.6) is 5.75 Å². The van der Waals surface area contributed by atoms with Crippen molar-refractivity contribution in [3.63, 3.8) is 0 Å². The van der Waals surface area contributed by atoms with Gasteiger partial charge < -0.3 is 9.47 Å². The number of likely N-dealkylation sites (tertiary alicyclic amines) is 1. The molecule has 0 spiro atoms. The standard InChI is InChI=1S/C20H21NO6/c1-12(18(23)13-7-9-14(26-2)10-8-13)27-17(22)11-21-19(24)15-5-3-4-6-16(15)20(21)25/h3-4,7-10,12,15-16H,5-6,11H2,1-2H3/t12-,15-,16+/m1/s1. The lowest BCUT2D eigenvalue weighted by molar-refractivity contribution is -0.154. The van der Waals surface area contributed by atoms with Crippen molar-refractivity contribution in [3.05, 3.63) is 42.0 Å². The zero-order valence-electron chi connectivity index (χ0n) is 15.2. The van der Waals surface area contributed by atoms with Crippen molar-refractivity contribution in [1.29, 1.82) is 0 Å². The van der Waals surface area contributed by atoms with Gasteiger partial charge in [0.05, 0.1) is 18.9 Å². The summed E-state index contributed by atoms with van der Waals surface area (Å²) in [5, 5.41) is 0. The molecule has 1 aromatic carbocycles. The number of carbonyl (C=O) groups excluding carboxylic acids is 4. The van der Waals surface area contributed by atoms with Gasteiger partial charge in [-0.05, 0) is 44.0 Å². The van der Waals surface area contributed by atoms with Gasteiger partial charge in [-0.25, -0.2) is 0 Å². The molecular weight excluding hydrogens is 350 g/mol. The molecule has 142 valence electrons. The van der Waals surface area contributed by atoms with Crippen LogP contribution in [-0.2, 0) is 19.1 Å². The summed E-state index contributed by atoms with van der Waals surface area (Å²) in [6.07, 6.45) is 3.75. The lowest BCUT2D eigenvalue weighted by Gasteiger charge is -2.17. The third-order valence-electron chi connectivity index (χ3n) is 4.94. The molecule has 7 heteroatoms. The van der Waals surface area contributed by atoms with Crippen LogP contribution < -0.4 is 4.74 Å². The molecule has 2 aliphatic rings. The molecule has 1 aromatic rings. The van der Waals surface area contributed by atoms with E-state index in [2.05, 4.69) is 0 Å². The Morgan fingerprint density at radius 1 is 1.07 bits per heavy atom. The van der Waals surface area contributed by atoms with Crippen molar-refractivity contribution >= 4 is 23.6 Å². The largest absolute Gasteiger partial charge is 0.497 e. The van der Waals surface area contributed by atoms with E-state index in [0.29, 0.717) is 24.2 Å². The molecule has 1 aliphatic heterocycles. The van der Waals surface area contributed by atoms with E-state index in [1.54, 1.807) is 24.3 Å². The Balaban J connectivity index is 1.59. The molecule has 0 radical (unpaired) electrons. The maximum Gasteiger partial charge on any atom is 0.326 e. The predicted molar refractivity (Wildman–Crippen MR) is 95.0 cm³/mol. The van der Waals surface area contributed by atoms with Gasteiger partial charge in [0, 0.05) is 5.56 Å². The smallest absolute Gasteiger partial charge is 0.326 e. The summed E-state index contributed by atoms with van der Waals surface area (Å²) in [6.45, 7) is 0.993. The monoisotopic (exact) mass is 371 g/mol. The number of methoxy groups -OCH3 is 1. The molecule has 27 heavy (non-hydrogen) atoms. The van der Waals surface area contributed by atoms with Crippen LogP contribution in [0.25, 0.3) is 0 Å². The van der Waals surface area contributed by atoms with Crippen LogP contribution in [-0.4, -0.2) is 48.2 Å². The van der Waals surface area contributed by atoms with E-state index >= 15 is 0 Å². The lowest BCUT2D eigenvalue weighted by Crippen LogP contribution is -2.38. The fraction of sp³-hybridized carbons (Fsp3) is 0.400. The number of rotatable bonds is 6. The summed E-state index contributed by atoms with van der Waals surface area (Å²) in [4.78, 5) is 50.3. The summed E-state index contributed by atoms with van der Waals surface area (Å²) in [7, 11) is 1.52. The Morgan fingerprint density at radius 2 is 1.63 bits per heavy atom. The molecule has 0 N–H and O–H groups in total. The highest BCUT2D eigenvalue weighted by atomic mass is 16.5. The van der Waals surface area contributed by atoms with E-state index in [1.807, 2.05) is 12.2 Å². The number of carbonyl (C=O) groups is 4. The molecule has 2 amide bonds. The molecule has 1 saturated heterocycles. The van der Waals surface area contributed by atoms with Gasteiger partial charge in [0.1, 0.15) is 12.3 Å². The normalized spacial score (nSPS) is 22.4. The quantitative estimate of drug-likeness (QED) is 0.328. The number of Topliss-reactive ketones (excluding diaryl/α,β-unsaturated/α-hetero) is 1. The highest BCUT2D eigenvalue weighted by Gasteiger charge is 2.47. The number of ether oxygens (including phenoxy) is 2. The number of allylic oxidation sites excluding steroid dienone is 2. The van der Waals surface area contributed by atoms with Crippen LogP contribution in [0.2, 0.25) is 0 Å². The van der Waals surface area contributed by atoms with Gasteiger partial charge in [0.15, 0.2) is 6.10 Å². The van der Waals surface area contributed by atoms with Crippen molar-refractivity contribution < 1.29 is 28.7 Å². The van der Waals surface area contributed by atoms with E-state index in [1.165, 1.54) is 14.0 Å². The lowest BCUT2D eigenvalue weighted by atomic mass is 9.85. The van der Waals surface area contributed by atoms with Gasteiger partial charge in [-0.3, -0.25) is 24.1 Å². The molecular formula is C20H21NO6. The first-order valence-electron chi connectivity index (χ1n) is 8.80. The SMILES string of the molecule is COc1ccc(C(=O)[C@@H](C)OC(=O)CN2C(=O)[C@H]3CC=CC[C@H]3C2=O)cc1. The zero-order chi connectivity index (χ0) is 19.6. The number of imide groups is 1. The highest BCUT2D eigenvalue weighted by molar-refractivity contribution is 6.07. The van der Waals surface area contributed by atoms with Crippen LogP contribution in [0.15, 0.2) is 36.4 Å². The number of ketones is 1. The number of hydrogen-bond donors (Lipinski definition) is 0. The summed E-state index contributed by atoms with van der Waals surface area (Å²) in [5.74, 6) is -2.03. The number of nitrogens with zero attached hydrogens (tertiary/aromatic N) is 1. The van der Waals surface area contributed by atoms with Crippen LogP contribution in [0.4, 0.5) is 0 Å². The van der Waals surface area contributed by atoms with Crippen LogP contribution in [0.1, 0.15) is 30.1 Å². The van der Waals surface area contributed by atoms with E-state index < -0.39 is 30.5 Å². The molecule has 0 aromatic heterocycles. The topological polar surface area (TPSA) is 90.0 Å². The highest BCUT2D eigenvalue weighted by Crippen LogP contribution is 2.34. The number of amides is 2. The van der Waals surface area contributed by atoms with Gasteiger partial charge in [-0.1, -0.05) is 12.2 Å². The second-order valence-corrected chi connectivity index (χ2v) is 6.64. The van der Waals surface area contributed by atoms with Gasteiger partial charge in [0.2, 0.25) is 17.6 Å². The van der Waals surface area contributed by atoms with Crippen LogP contribution in [0, 0.1) is 11.8 Å². The summed E-state index contributed by atoms with van der Waals surface area (Å²) < 4.78 is 10.2. The third kappa shape index (κ3) is 3.77. The molecule has 1 aliphatic carbocycles. The number of benzene rings is 1. The third-order valence-corrected chi connectivity index (χ3v) is 4.94. The summed E-state index contributed by atoms with van der Waals surface area (Å²) in [6, 6.07) is 6.44. The average Bonchev–Trinajstić information content (AvgIpc) is 2.92. The zero-order valence-corrected chi connectivity index (χ0v) is 15.2. The fourth-order valence-corrected chi connectivity index (χ4v) is 3.43. The van der Waals surface area contributed by atoms with Crippen molar-refractivity contribution in [2.75, 3.05) is 13.7 Å². The first-order valence-corrected chi connectivity index (χ1v) is 8.80. The van der Waals surface area contributed by atoms with Gasteiger partial charge in [-0.15, -0.1) is 0 Å². The van der Waals surface area contributed by atoms with Crippen LogP contribution in [0.3, 0.4) is 0 Å². The molecule has 3 atom stereocenters. The molecule has 7 nitrogen and oxygen atoms in total. The molecule has 1 fully saturated rings. The number of esters is 1. The van der Waals surface area contributed by atoms with E-state index in [-0.39, 0.29) is 17.6 Å². The minimum atomic E-state index is -1.03. The molecule has 0 saturated carbocycles. The average molecular weight is 371 g/mol. The van der Waals surface area contributed by atoms with Crippen molar-refractivity contribution in [2.45, 2.75) is 25.9 Å². The number of hydrogen-bond acceptors (Lipinski definition) is 6. The van der Waals surface area contributed by atoms with E-state index in [0.717, 1.165) is 4.90 Å². The minimum absolute atomic E-state index is 0.347. The predicted octanol–water partition coefficient (Wildman–Crippen LogP) is 1.76. The van der Waals surface area contributed by atoms with Crippen molar-refractivity contribution in [1.82, 2.24) is 4.90 Å². The van der Waals surface area contributed by atoms with Crippen LogP contribution >= 0.6 is 0 Å². The maximum absolute atomic E-state index is 12.4. The van der Waals surface area contributed by atoms with E-state index in [4.69, 9.17) is 9.47 Å². The Hall–Kier alpha value is -2.96. The Morgan fingerprint density at radius 3 is 2.15 bits per heavy atom. The van der Waals surface area contributed by atoms with Crippen molar-refractivity contribution in [2.24, 2.45) is 11.8 Å². The Labute approximate surface area is 156 Å². The van der Waals surface area contributed by atoms with E-state index in [9.17, 15) is 19.2 Å². The van der Waals surface area contributed by atoms with Gasteiger partial charge in [0.25, 0.3) is 0 Å². The Kier molecular flexibility index (Phi) is 5.39. The van der Waals surface area contributed by atoms with Gasteiger partial charge in [-0.2, -0.15) is 0 Å². The molecule has 0 unspecified atom stereocenters. The second-order valence-electron chi connectivity index (χ2n) is 6.64. The summed E-state index contributed by atoms with van der Waals surface area (Å²) in [5.41, 5.74) is 0.376. The molecule has 3 rings (SSSR count). The maximum atomic E-state index is 12.4. The van der Waals surface area contributed by atoms with Crippen molar-refractivity contribution in [3.8, 4) is 5.75 Å². The van der Waals surface area contributed by atoms with Gasteiger partial charge >= 0.3 is 5.97 Å². The first-order chi connectivity index (χ1) is 12.9. The molecule has 1 heterocycles.